The summed E-state index contributed by atoms with van der Waals surface area (Å²) in [7, 11) is 0. The summed E-state index contributed by atoms with van der Waals surface area (Å²) in [5.74, 6) is 0. The van der Waals surface area contributed by atoms with Crippen molar-refractivity contribution in [3.8, 4) is 6.07 Å². The quantitative estimate of drug-likeness (QED) is 0.895. The second kappa shape index (κ2) is 5.22. The van der Waals surface area contributed by atoms with Gasteiger partial charge in [-0.25, -0.2) is 0 Å². The van der Waals surface area contributed by atoms with Gasteiger partial charge in [-0.05, 0) is 59.2 Å². The van der Waals surface area contributed by atoms with E-state index in [1.54, 1.807) is 12.3 Å². The first kappa shape index (κ1) is 14.5. The average Bonchev–Trinajstić information content (AvgIpc) is 2.40. The Bertz CT molecular complexity index is 480. The second-order valence-electron chi connectivity index (χ2n) is 6.24. The van der Waals surface area contributed by atoms with Crippen molar-refractivity contribution in [1.29, 1.82) is 5.26 Å². The van der Waals surface area contributed by atoms with E-state index in [9.17, 15) is 10.4 Å². The molecule has 102 valence electrons. The lowest BCUT2D eigenvalue weighted by Gasteiger charge is -2.41. The molecule has 1 saturated carbocycles. The number of aliphatic hydroxyl groups excluding tert-OH is 1. The molecule has 0 aromatic carbocycles. The molecule has 1 atom stereocenters. The lowest BCUT2D eigenvalue weighted by atomic mass is 9.63. The summed E-state index contributed by atoms with van der Waals surface area (Å²) < 4.78 is 0.874. The van der Waals surface area contributed by atoms with E-state index in [2.05, 4.69) is 40.8 Å². The van der Waals surface area contributed by atoms with Crippen LogP contribution in [0.5, 0.6) is 0 Å². The zero-order chi connectivity index (χ0) is 14.1. The monoisotopic (exact) mass is 322 g/mol. The van der Waals surface area contributed by atoms with E-state index < -0.39 is 11.5 Å². The molecule has 0 radical (unpaired) electrons. The summed E-state index contributed by atoms with van der Waals surface area (Å²) in [6.45, 7) is 4.44. The third-order valence-electron chi connectivity index (χ3n) is 4.27. The number of rotatable bonds is 2. The van der Waals surface area contributed by atoms with Crippen LogP contribution in [-0.4, -0.2) is 10.1 Å². The van der Waals surface area contributed by atoms with Crippen molar-refractivity contribution < 1.29 is 5.11 Å². The Labute approximate surface area is 122 Å². The number of halogens is 1. The lowest BCUT2D eigenvalue weighted by Crippen LogP contribution is -2.35. The Kier molecular flexibility index (Phi) is 3.98. The van der Waals surface area contributed by atoms with E-state index >= 15 is 0 Å². The molecule has 4 heteroatoms. The maximum absolute atomic E-state index is 10.6. The summed E-state index contributed by atoms with van der Waals surface area (Å²) >= 11 is 3.33. The first-order chi connectivity index (χ1) is 8.88. The minimum atomic E-state index is -0.804. The van der Waals surface area contributed by atoms with Crippen molar-refractivity contribution in [2.45, 2.75) is 45.6 Å². The molecule has 1 aliphatic carbocycles. The molecule has 1 heterocycles. The molecule has 0 bridgehead atoms. The lowest BCUT2D eigenvalue weighted by molar-refractivity contribution is 0.00697. The van der Waals surface area contributed by atoms with Crippen LogP contribution >= 0.6 is 15.9 Å². The molecular formula is C15H19BrN2O. The van der Waals surface area contributed by atoms with Gasteiger partial charge in [-0.15, -0.1) is 0 Å². The van der Waals surface area contributed by atoms with Gasteiger partial charge < -0.3 is 5.11 Å². The third-order valence-corrected chi connectivity index (χ3v) is 4.74. The maximum Gasteiger partial charge on any atom is 0.114 e. The van der Waals surface area contributed by atoms with Crippen molar-refractivity contribution in [2.24, 2.45) is 10.8 Å². The molecular weight excluding hydrogens is 304 g/mol. The van der Waals surface area contributed by atoms with E-state index in [0.717, 1.165) is 30.2 Å². The highest BCUT2D eigenvalue weighted by molar-refractivity contribution is 9.10. The van der Waals surface area contributed by atoms with Crippen molar-refractivity contribution in [1.82, 2.24) is 4.98 Å². The van der Waals surface area contributed by atoms with Crippen LogP contribution in [0.4, 0.5) is 0 Å². The van der Waals surface area contributed by atoms with Crippen molar-refractivity contribution in [3.05, 3.63) is 28.5 Å². The molecule has 1 aromatic rings. The van der Waals surface area contributed by atoms with Gasteiger partial charge in [-0.1, -0.05) is 13.8 Å². The Balaban J connectivity index is 2.23. The van der Waals surface area contributed by atoms with E-state index in [-0.39, 0.29) is 5.41 Å². The average molecular weight is 323 g/mol. The molecule has 1 N–H and O–H groups in total. The SMILES string of the molecule is CC1(C)CCC(C#N)(C(O)c2ccc(Br)cn2)CC1. The normalized spacial score (nSPS) is 22.5. The highest BCUT2D eigenvalue weighted by atomic mass is 79.9. The first-order valence-electron chi connectivity index (χ1n) is 6.59. The Morgan fingerprint density at radius 1 is 1.32 bits per heavy atom. The maximum atomic E-state index is 10.6. The third kappa shape index (κ3) is 2.98. The molecule has 1 fully saturated rings. The predicted molar refractivity (Wildman–Crippen MR) is 77.2 cm³/mol. The van der Waals surface area contributed by atoms with Crippen LogP contribution in [0.2, 0.25) is 0 Å². The standard InChI is InChI=1S/C15H19BrN2O/c1-14(2)5-7-15(10-17,8-6-14)13(19)12-4-3-11(16)9-18-12/h3-4,9,13,19H,5-8H2,1-2H3. The summed E-state index contributed by atoms with van der Waals surface area (Å²) in [6.07, 6.45) is 4.26. The molecule has 3 nitrogen and oxygen atoms in total. The fourth-order valence-electron chi connectivity index (χ4n) is 2.65. The molecule has 1 unspecified atom stereocenters. The number of aliphatic hydroxyl groups is 1. The van der Waals surface area contributed by atoms with Gasteiger partial charge in [0, 0.05) is 10.7 Å². The number of nitrogens with zero attached hydrogens (tertiary/aromatic N) is 2. The fraction of sp³-hybridized carbons (Fsp3) is 0.600. The van der Waals surface area contributed by atoms with Crippen LogP contribution in [0.25, 0.3) is 0 Å². The van der Waals surface area contributed by atoms with Gasteiger partial charge in [0.15, 0.2) is 0 Å². The molecule has 0 aliphatic heterocycles. The molecule has 1 aromatic heterocycles. The van der Waals surface area contributed by atoms with Crippen LogP contribution in [0.1, 0.15) is 51.3 Å². The van der Waals surface area contributed by atoms with Crippen LogP contribution in [0, 0.1) is 22.2 Å². The van der Waals surface area contributed by atoms with Gasteiger partial charge in [0.05, 0.1) is 17.2 Å². The molecule has 0 spiro atoms. The van der Waals surface area contributed by atoms with Crippen LogP contribution < -0.4 is 0 Å². The predicted octanol–water partition coefficient (Wildman–Crippen LogP) is 3.99. The summed E-state index contributed by atoms with van der Waals surface area (Å²) in [5.41, 5.74) is 0.174. The van der Waals surface area contributed by atoms with Gasteiger partial charge in [0.1, 0.15) is 6.10 Å². The number of aromatic nitrogens is 1. The van der Waals surface area contributed by atoms with Gasteiger partial charge in [0.25, 0.3) is 0 Å². The zero-order valence-electron chi connectivity index (χ0n) is 11.4. The van der Waals surface area contributed by atoms with Crippen LogP contribution in [0.3, 0.4) is 0 Å². The minimum Gasteiger partial charge on any atom is -0.385 e. The van der Waals surface area contributed by atoms with Crippen LogP contribution in [-0.2, 0) is 0 Å². The zero-order valence-corrected chi connectivity index (χ0v) is 12.9. The van der Waals surface area contributed by atoms with Crippen molar-refractivity contribution in [3.63, 3.8) is 0 Å². The first-order valence-corrected chi connectivity index (χ1v) is 7.39. The Morgan fingerprint density at radius 3 is 2.42 bits per heavy atom. The number of hydrogen-bond acceptors (Lipinski definition) is 3. The highest BCUT2D eigenvalue weighted by Gasteiger charge is 2.44. The smallest absolute Gasteiger partial charge is 0.114 e. The van der Waals surface area contributed by atoms with Gasteiger partial charge in [-0.3, -0.25) is 4.98 Å². The van der Waals surface area contributed by atoms with E-state index in [1.165, 1.54) is 0 Å². The molecule has 19 heavy (non-hydrogen) atoms. The molecule has 1 aliphatic rings. The molecule has 2 rings (SSSR count). The van der Waals surface area contributed by atoms with Crippen molar-refractivity contribution in [2.75, 3.05) is 0 Å². The van der Waals surface area contributed by atoms with E-state index in [4.69, 9.17) is 0 Å². The topological polar surface area (TPSA) is 56.9 Å². The second-order valence-corrected chi connectivity index (χ2v) is 7.15. The van der Waals surface area contributed by atoms with Crippen LogP contribution in [0.15, 0.2) is 22.8 Å². The highest BCUT2D eigenvalue weighted by Crippen LogP contribution is 2.50. The Morgan fingerprint density at radius 2 is 1.95 bits per heavy atom. The largest absolute Gasteiger partial charge is 0.385 e. The fourth-order valence-corrected chi connectivity index (χ4v) is 2.89. The van der Waals surface area contributed by atoms with E-state index in [1.807, 2.05) is 6.07 Å². The number of pyridine rings is 1. The number of hydrogen-bond donors (Lipinski definition) is 1. The summed E-state index contributed by atoms with van der Waals surface area (Å²) in [5, 5.41) is 20.1. The molecule has 0 amide bonds. The van der Waals surface area contributed by atoms with Gasteiger partial charge >= 0.3 is 0 Å². The van der Waals surface area contributed by atoms with Crippen molar-refractivity contribution >= 4 is 15.9 Å². The molecule has 0 saturated heterocycles. The Hall–Kier alpha value is -0.920. The summed E-state index contributed by atoms with van der Waals surface area (Å²) in [4.78, 5) is 4.23. The number of nitriles is 1. The summed E-state index contributed by atoms with van der Waals surface area (Å²) in [6, 6.07) is 6.00. The van der Waals surface area contributed by atoms with Gasteiger partial charge in [-0.2, -0.15) is 5.26 Å². The van der Waals surface area contributed by atoms with E-state index in [0.29, 0.717) is 5.69 Å². The minimum absolute atomic E-state index is 0.271. The van der Waals surface area contributed by atoms with Gasteiger partial charge in [0.2, 0.25) is 0 Å².